The monoisotopic (exact) mass is 391 g/mol. The van der Waals surface area contributed by atoms with Gasteiger partial charge in [-0.15, -0.1) is 0 Å². The maximum Gasteiger partial charge on any atom is 0.222 e. The molecule has 0 atom stereocenters. The first kappa shape index (κ1) is 18.7. The molecule has 0 spiro atoms. The molecule has 4 nitrogen and oxygen atoms in total. The summed E-state index contributed by atoms with van der Waals surface area (Å²) < 4.78 is 13.8. The second-order valence-electron chi connectivity index (χ2n) is 5.96. The van der Waals surface area contributed by atoms with Crippen molar-refractivity contribution in [2.24, 2.45) is 0 Å². The highest BCUT2D eigenvalue weighted by molar-refractivity contribution is 7.99. The normalized spacial score (nSPS) is 11.0. The van der Waals surface area contributed by atoms with E-state index in [0.717, 1.165) is 28.4 Å². The maximum absolute atomic E-state index is 13.8. The number of nitrogens with zero attached hydrogens (tertiary/aromatic N) is 2. The molecule has 1 amide bonds. The summed E-state index contributed by atoms with van der Waals surface area (Å²) in [5, 5.41) is 1.19. The van der Waals surface area contributed by atoms with E-state index < -0.39 is 5.82 Å². The molecule has 1 aromatic heterocycles. The summed E-state index contributed by atoms with van der Waals surface area (Å²) in [6.07, 6.45) is 1.12. The molecule has 0 aliphatic carbocycles. The smallest absolute Gasteiger partial charge is 0.222 e. The summed E-state index contributed by atoms with van der Waals surface area (Å²) >= 11 is 7.60. The number of imidazole rings is 1. The Morgan fingerprint density at radius 2 is 2.08 bits per heavy atom. The number of fused-ring (bicyclic) bond motifs is 1. The van der Waals surface area contributed by atoms with Gasteiger partial charge in [-0.25, -0.2) is 9.37 Å². The van der Waals surface area contributed by atoms with Gasteiger partial charge in [0.1, 0.15) is 5.82 Å². The van der Waals surface area contributed by atoms with Crippen LogP contribution >= 0.6 is 23.4 Å². The van der Waals surface area contributed by atoms with Crippen molar-refractivity contribution in [3.8, 4) is 0 Å². The topological polar surface area (TPSA) is 49.0 Å². The van der Waals surface area contributed by atoms with Crippen molar-refractivity contribution in [2.45, 2.75) is 24.5 Å². The number of thioether (sulfide) groups is 1. The Kier molecular flexibility index (Phi) is 6.16. The van der Waals surface area contributed by atoms with Gasteiger partial charge in [-0.1, -0.05) is 41.6 Å². The van der Waals surface area contributed by atoms with Crippen LogP contribution in [0.1, 0.15) is 18.4 Å². The molecule has 3 rings (SSSR count). The van der Waals surface area contributed by atoms with Crippen molar-refractivity contribution < 1.29 is 9.18 Å². The van der Waals surface area contributed by atoms with Crippen LogP contribution in [0.3, 0.4) is 0 Å². The minimum absolute atomic E-state index is 0.0328. The molecule has 0 unspecified atom stereocenters. The molecular formula is C19H19ClFN3OS. The highest BCUT2D eigenvalue weighted by Crippen LogP contribution is 2.22. The molecule has 7 heteroatoms. The van der Waals surface area contributed by atoms with E-state index in [1.807, 2.05) is 24.3 Å². The van der Waals surface area contributed by atoms with E-state index in [1.165, 1.54) is 11.0 Å². The van der Waals surface area contributed by atoms with E-state index in [9.17, 15) is 9.18 Å². The second kappa shape index (κ2) is 8.56. The van der Waals surface area contributed by atoms with Crippen molar-refractivity contribution in [3.63, 3.8) is 0 Å². The molecule has 0 aliphatic heterocycles. The summed E-state index contributed by atoms with van der Waals surface area (Å²) in [7, 11) is 1.66. The second-order valence-corrected chi connectivity index (χ2v) is 7.45. The lowest BCUT2D eigenvalue weighted by atomic mass is 10.2. The van der Waals surface area contributed by atoms with Gasteiger partial charge in [-0.05, 0) is 30.7 Å². The molecule has 0 aliphatic rings. The van der Waals surface area contributed by atoms with Crippen molar-refractivity contribution >= 4 is 40.3 Å². The number of hydrogen-bond donors (Lipinski definition) is 1. The van der Waals surface area contributed by atoms with Gasteiger partial charge in [0.15, 0.2) is 5.16 Å². The van der Waals surface area contributed by atoms with Crippen LogP contribution in [0.2, 0.25) is 5.02 Å². The van der Waals surface area contributed by atoms with Gasteiger partial charge in [0.25, 0.3) is 0 Å². The first-order valence-corrected chi connectivity index (χ1v) is 9.65. The van der Waals surface area contributed by atoms with Crippen molar-refractivity contribution in [1.29, 1.82) is 0 Å². The van der Waals surface area contributed by atoms with E-state index in [4.69, 9.17) is 11.6 Å². The number of halogens is 2. The standard InChI is InChI=1S/C19H19ClFN3OS/c1-24(12-13-14(20)6-4-7-15(13)21)18(25)10-5-11-26-19-22-16-8-2-3-9-17(16)23-19/h2-4,6-9H,5,10-12H2,1H3,(H,22,23). The molecule has 0 fully saturated rings. The van der Waals surface area contributed by atoms with E-state index >= 15 is 0 Å². The van der Waals surface area contributed by atoms with Gasteiger partial charge >= 0.3 is 0 Å². The van der Waals surface area contributed by atoms with Crippen LogP contribution in [-0.4, -0.2) is 33.6 Å². The highest BCUT2D eigenvalue weighted by atomic mass is 35.5. The lowest BCUT2D eigenvalue weighted by molar-refractivity contribution is -0.130. The number of carbonyl (C=O) groups excluding carboxylic acids is 1. The molecule has 136 valence electrons. The van der Waals surface area contributed by atoms with Crippen molar-refractivity contribution in [2.75, 3.05) is 12.8 Å². The number of amides is 1. The number of aromatic nitrogens is 2. The predicted octanol–water partition coefficient (Wildman–Crippen LogP) is 4.89. The third-order valence-electron chi connectivity index (χ3n) is 4.02. The number of para-hydroxylation sites is 2. The SMILES string of the molecule is CN(Cc1c(F)cccc1Cl)C(=O)CCCSc1nc2ccccc2[nH]1. The molecule has 1 heterocycles. The third kappa shape index (κ3) is 4.56. The molecule has 1 N–H and O–H groups in total. The number of hydrogen-bond acceptors (Lipinski definition) is 3. The van der Waals surface area contributed by atoms with Gasteiger partial charge in [0.2, 0.25) is 5.91 Å². The van der Waals surface area contributed by atoms with Crippen LogP contribution in [-0.2, 0) is 11.3 Å². The first-order valence-electron chi connectivity index (χ1n) is 8.29. The largest absolute Gasteiger partial charge is 0.341 e. The number of rotatable bonds is 7. The minimum Gasteiger partial charge on any atom is -0.341 e. The molecule has 2 aromatic carbocycles. The predicted molar refractivity (Wildman–Crippen MR) is 104 cm³/mol. The van der Waals surface area contributed by atoms with Gasteiger partial charge in [-0.2, -0.15) is 0 Å². The van der Waals surface area contributed by atoms with E-state index in [0.29, 0.717) is 17.0 Å². The van der Waals surface area contributed by atoms with Crippen LogP contribution in [0.15, 0.2) is 47.6 Å². The summed E-state index contributed by atoms with van der Waals surface area (Å²) in [5.74, 6) is 0.354. The summed E-state index contributed by atoms with van der Waals surface area (Å²) in [4.78, 5) is 21.5. The number of carbonyl (C=O) groups is 1. The summed E-state index contributed by atoms with van der Waals surface area (Å²) in [6, 6.07) is 12.4. The summed E-state index contributed by atoms with van der Waals surface area (Å²) in [6.45, 7) is 0.168. The number of nitrogens with one attached hydrogen (secondary N) is 1. The Labute approximate surface area is 160 Å². The van der Waals surface area contributed by atoms with E-state index in [1.54, 1.807) is 30.9 Å². The van der Waals surface area contributed by atoms with Crippen molar-refractivity contribution in [3.05, 3.63) is 58.9 Å². The van der Waals surface area contributed by atoms with Crippen molar-refractivity contribution in [1.82, 2.24) is 14.9 Å². The lowest BCUT2D eigenvalue weighted by Crippen LogP contribution is -2.26. The van der Waals surface area contributed by atoms with Gasteiger partial charge < -0.3 is 9.88 Å². The fourth-order valence-electron chi connectivity index (χ4n) is 2.59. The zero-order valence-electron chi connectivity index (χ0n) is 14.3. The zero-order chi connectivity index (χ0) is 18.5. The Bertz CT molecular complexity index is 861. The molecule has 26 heavy (non-hydrogen) atoms. The first-order chi connectivity index (χ1) is 12.5. The highest BCUT2D eigenvalue weighted by Gasteiger charge is 2.14. The van der Waals surface area contributed by atoms with Crippen LogP contribution in [0.25, 0.3) is 11.0 Å². The number of H-pyrrole nitrogens is 1. The van der Waals surface area contributed by atoms with Gasteiger partial charge in [-0.3, -0.25) is 4.79 Å². The van der Waals surface area contributed by atoms with Crippen LogP contribution in [0, 0.1) is 5.82 Å². The Morgan fingerprint density at radius 3 is 2.85 bits per heavy atom. The fourth-order valence-corrected chi connectivity index (χ4v) is 3.64. The molecule has 0 saturated carbocycles. The van der Waals surface area contributed by atoms with Gasteiger partial charge in [0, 0.05) is 36.4 Å². The average Bonchev–Trinajstić information content (AvgIpc) is 3.04. The molecule has 0 bridgehead atoms. The van der Waals surface area contributed by atoms with Crippen LogP contribution in [0.4, 0.5) is 4.39 Å². The third-order valence-corrected chi connectivity index (χ3v) is 5.34. The Balaban J connectivity index is 1.46. The average molecular weight is 392 g/mol. The molecule has 0 saturated heterocycles. The Morgan fingerprint density at radius 1 is 1.27 bits per heavy atom. The molecule has 0 radical (unpaired) electrons. The maximum atomic E-state index is 13.8. The van der Waals surface area contributed by atoms with Crippen LogP contribution in [0.5, 0.6) is 0 Å². The Hall–Kier alpha value is -2.05. The number of aromatic amines is 1. The molecular weight excluding hydrogens is 373 g/mol. The fraction of sp³-hybridized carbons (Fsp3) is 0.263. The van der Waals surface area contributed by atoms with Crippen LogP contribution < -0.4 is 0 Å². The van der Waals surface area contributed by atoms with Gasteiger partial charge in [0.05, 0.1) is 11.0 Å². The quantitative estimate of drug-likeness (QED) is 0.461. The van der Waals surface area contributed by atoms with E-state index in [-0.39, 0.29) is 12.5 Å². The summed E-state index contributed by atoms with van der Waals surface area (Å²) in [5.41, 5.74) is 2.29. The molecule has 3 aromatic rings. The lowest BCUT2D eigenvalue weighted by Gasteiger charge is -2.18. The number of benzene rings is 2. The zero-order valence-corrected chi connectivity index (χ0v) is 15.9. The minimum atomic E-state index is -0.391. The van der Waals surface area contributed by atoms with E-state index in [2.05, 4.69) is 9.97 Å².